The molecule has 124 valence electrons. The molecule has 0 bridgehead atoms. The normalized spacial score (nSPS) is 10.7. The van der Waals surface area contributed by atoms with Gasteiger partial charge in [0.15, 0.2) is 0 Å². The number of fused-ring (bicyclic) bond motifs is 1. The molecule has 1 aromatic heterocycles. The Morgan fingerprint density at radius 3 is 2.33 bits per heavy atom. The van der Waals surface area contributed by atoms with Crippen LogP contribution < -0.4 is 19.8 Å². The van der Waals surface area contributed by atoms with E-state index < -0.39 is 0 Å². The smallest absolute Gasteiger partial charge is 0.269 e. The second-order valence-electron chi connectivity index (χ2n) is 5.30. The summed E-state index contributed by atoms with van der Waals surface area (Å²) in [6.45, 7) is 1.92. The summed E-state index contributed by atoms with van der Waals surface area (Å²) >= 11 is 0. The van der Waals surface area contributed by atoms with Crippen LogP contribution in [0.4, 0.5) is 0 Å². The van der Waals surface area contributed by atoms with Crippen LogP contribution in [-0.4, -0.2) is 30.9 Å². The molecule has 0 amide bonds. The molecule has 0 radical (unpaired) electrons. The highest BCUT2D eigenvalue weighted by molar-refractivity contribution is 5.86. The lowest BCUT2D eigenvalue weighted by atomic mass is 10.1. The molecule has 6 nitrogen and oxygen atoms in total. The summed E-state index contributed by atoms with van der Waals surface area (Å²) in [5, 5.41) is 0.413. The van der Waals surface area contributed by atoms with Crippen LogP contribution >= 0.6 is 0 Å². The van der Waals surface area contributed by atoms with Crippen molar-refractivity contribution in [2.75, 3.05) is 21.3 Å². The number of benzene rings is 2. The van der Waals surface area contributed by atoms with Gasteiger partial charge in [0.1, 0.15) is 29.0 Å². The molecular formula is C18H18N2O4. The van der Waals surface area contributed by atoms with E-state index in [1.165, 1.54) is 18.0 Å². The van der Waals surface area contributed by atoms with E-state index >= 15 is 0 Å². The van der Waals surface area contributed by atoms with Crippen molar-refractivity contribution in [2.45, 2.75) is 6.92 Å². The van der Waals surface area contributed by atoms with Crippen LogP contribution in [0.15, 0.2) is 41.5 Å². The summed E-state index contributed by atoms with van der Waals surface area (Å²) in [6.07, 6.45) is 1.51. The highest BCUT2D eigenvalue weighted by atomic mass is 16.5. The van der Waals surface area contributed by atoms with Crippen molar-refractivity contribution in [1.82, 2.24) is 9.55 Å². The van der Waals surface area contributed by atoms with Crippen LogP contribution in [0.1, 0.15) is 5.56 Å². The minimum atomic E-state index is -0.201. The predicted octanol–water partition coefficient (Wildman–Crippen LogP) is 2.72. The van der Waals surface area contributed by atoms with Crippen molar-refractivity contribution < 1.29 is 14.2 Å². The van der Waals surface area contributed by atoms with Crippen molar-refractivity contribution in [3.63, 3.8) is 0 Å². The zero-order valence-corrected chi connectivity index (χ0v) is 14.0. The summed E-state index contributed by atoms with van der Waals surface area (Å²) in [5.41, 5.74) is 1.98. The van der Waals surface area contributed by atoms with Gasteiger partial charge < -0.3 is 14.2 Å². The van der Waals surface area contributed by atoms with Gasteiger partial charge in [-0.05, 0) is 30.7 Å². The minimum Gasteiger partial charge on any atom is -0.497 e. The summed E-state index contributed by atoms with van der Waals surface area (Å²) in [7, 11) is 4.68. The molecule has 0 N–H and O–H groups in total. The maximum absolute atomic E-state index is 13.0. The highest BCUT2D eigenvalue weighted by Crippen LogP contribution is 2.28. The molecule has 3 aromatic rings. The van der Waals surface area contributed by atoms with Crippen molar-refractivity contribution in [3.05, 3.63) is 52.6 Å². The monoisotopic (exact) mass is 326 g/mol. The summed E-state index contributed by atoms with van der Waals surface area (Å²) in [5.74, 6) is 1.76. The largest absolute Gasteiger partial charge is 0.497 e. The lowest BCUT2D eigenvalue weighted by Crippen LogP contribution is -2.20. The lowest BCUT2D eigenvalue weighted by Gasteiger charge is -2.13. The zero-order chi connectivity index (χ0) is 17.3. The average Bonchev–Trinajstić information content (AvgIpc) is 2.61. The molecule has 0 fully saturated rings. The van der Waals surface area contributed by atoms with Gasteiger partial charge in [0.05, 0.1) is 32.5 Å². The van der Waals surface area contributed by atoms with Gasteiger partial charge in [-0.25, -0.2) is 4.98 Å². The number of aryl methyl sites for hydroxylation is 1. The summed E-state index contributed by atoms with van der Waals surface area (Å²) < 4.78 is 17.3. The first-order valence-electron chi connectivity index (χ1n) is 7.37. The molecule has 0 saturated heterocycles. The maximum atomic E-state index is 13.0. The minimum absolute atomic E-state index is 0.201. The Hall–Kier alpha value is -3.02. The molecule has 0 saturated carbocycles. The van der Waals surface area contributed by atoms with E-state index in [1.807, 2.05) is 25.1 Å². The van der Waals surface area contributed by atoms with E-state index in [4.69, 9.17) is 14.2 Å². The van der Waals surface area contributed by atoms with Gasteiger partial charge >= 0.3 is 0 Å². The van der Waals surface area contributed by atoms with Crippen LogP contribution in [0.25, 0.3) is 16.6 Å². The fraction of sp³-hybridized carbons (Fsp3) is 0.222. The Balaban J connectivity index is 2.28. The SMILES string of the molecule is COc1ccc(-n2cnc3cc(OC)cc(OC)c3c2=O)c(C)c1. The fourth-order valence-electron chi connectivity index (χ4n) is 2.66. The molecule has 6 heteroatoms. The van der Waals surface area contributed by atoms with E-state index in [9.17, 15) is 4.79 Å². The van der Waals surface area contributed by atoms with E-state index in [2.05, 4.69) is 4.98 Å². The third-order valence-corrected chi connectivity index (χ3v) is 3.92. The molecule has 2 aromatic carbocycles. The molecule has 0 spiro atoms. The van der Waals surface area contributed by atoms with Crippen molar-refractivity contribution in [2.24, 2.45) is 0 Å². The van der Waals surface area contributed by atoms with Crippen molar-refractivity contribution in [1.29, 1.82) is 0 Å². The van der Waals surface area contributed by atoms with Gasteiger partial charge in [0.25, 0.3) is 5.56 Å². The molecule has 0 unspecified atom stereocenters. The Kier molecular flexibility index (Phi) is 4.12. The topological polar surface area (TPSA) is 62.6 Å². The lowest BCUT2D eigenvalue weighted by molar-refractivity contribution is 0.397. The van der Waals surface area contributed by atoms with Gasteiger partial charge in [0.2, 0.25) is 0 Å². The number of ether oxygens (including phenoxy) is 3. The summed E-state index contributed by atoms with van der Waals surface area (Å²) in [6, 6.07) is 8.90. The number of nitrogens with zero attached hydrogens (tertiary/aromatic N) is 2. The van der Waals surface area contributed by atoms with Crippen LogP contribution in [0.5, 0.6) is 17.2 Å². The summed E-state index contributed by atoms with van der Waals surface area (Å²) in [4.78, 5) is 17.4. The van der Waals surface area contributed by atoms with Crippen molar-refractivity contribution in [3.8, 4) is 22.9 Å². The molecule has 3 rings (SSSR count). The molecule has 0 aliphatic heterocycles. The van der Waals surface area contributed by atoms with Crippen LogP contribution in [-0.2, 0) is 0 Å². The molecule has 1 heterocycles. The Bertz CT molecular complexity index is 963. The Morgan fingerprint density at radius 2 is 1.71 bits per heavy atom. The Labute approximate surface area is 139 Å². The quantitative estimate of drug-likeness (QED) is 0.738. The first-order chi connectivity index (χ1) is 11.6. The number of methoxy groups -OCH3 is 3. The predicted molar refractivity (Wildman–Crippen MR) is 91.7 cm³/mol. The first-order valence-corrected chi connectivity index (χ1v) is 7.37. The average molecular weight is 326 g/mol. The van der Waals surface area contributed by atoms with Crippen LogP contribution in [0.2, 0.25) is 0 Å². The van der Waals surface area contributed by atoms with Gasteiger partial charge in [-0.2, -0.15) is 0 Å². The first kappa shape index (κ1) is 15.9. The third-order valence-electron chi connectivity index (χ3n) is 3.92. The van der Waals surface area contributed by atoms with Crippen LogP contribution in [0, 0.1) is 6.92 Å². The second kappa shape index (κ2) is 6.23. The van der Waals surface area contributed by atoms with E-state index in [-0.39, 0.29) is 5.56 Å². The molecule has 0 aliphatic carbocycles. The van der Waals surface area contributed by atoms with Gasteiger partial charge in [0, 0.05) is 12.1 Å². The number of aromatic nitrogens is 2. The number of hydrogen-bond acceptors (Lipinski definition) is 5. The molecule has 0 aliphatic rings. The van der Waals surface area contributed by atoms with E-state index in [1.54, 1.807) is 26.4 Å². The van der Waals surface area contributed by atoms with Gasteiger partial charge in [-0.3, -0.25) is 9.36 Å². The Morgan fingerprint density at radius 1 is 0.958 bits per heavy atom. The second-order valence-corrected chi connectivity index (χ2v) is 5.30. The maximum Gasteiger partial charge on any atom is 0.269 e. The van der Waals surface area contributed by atoms with Gasteiger partial charge in [-0.1, -0.05) is 0 Å². The number of rotatable bonds is 4. The fourth-order valence-corrected chi connectivity index (χ4v) is 2.66. The number of hydrogen-bond donors (Lipinski definition) is 0. The standard InChI is InChI=1S/C18H18N2O4/c1-11-7-12(22-2)5-6-15(11)20-10-19-14-8-13(23-3)9-16(24-4)17(14)18(20)21/h5-10H,1-4H3. The molecule has 0 atom stereocenters. The molecular weight excluding hydrogens is 308 g/mol. The van der Waals surface area contributed by atoms with E-state index in [0.717, 1.165) is 17.0 Å². The van der Waals surface area contributed by atoms with Gasteiger partial charge in [-0.15, -0.1) is 0 Å². The molecule has 24 heavy (non-hydrogen) atoms. The van der Waals surface area contributed by atoms with Crippen molar-refractivity contribution >= 4 is 10.9 Å². The highest BCUT2D eigenvalue weighted by Gasteiger charge is 2.14. The zero-order valence-electron chi connectivity index (χ0n) is 14.0. The van der Waals surface area contributed by atoms with Crippen LogP contribution in [0.3, 0.4) is 0 Å². The third kappa shape index (κ3) is 2.56. The van der Waals surface area contributed by atoms with E-state index in [0.29, 0.717) is 22.4 Å².